The number of carbonyl (C=O) groups excluding carboxylic acids is 3. The molecule has 1 aliphatic heterocycles. The fourth-order valence-corrected chi connectivity index (χ4v) is 2.69. The zero-order valence-electron chi connectivity index (χ0n) is 14.3. The molecule has 26 heavy (non-hydrogen) atoms. The summed E-state index contributed by atoms with van der Waals surface area (Å²) in [5, 5.41) is 4.75. The molecule has 0 spiro atoms. The SMILES string of the molecule is CC(=O)Nc1ccc(C(F)(F)F)cc1NC(=O)CN1CCCCCC1=O. The van der Waals surface area contributed by atoms with Gasteiger partial charge in [0.25, 0.3) is 0 Å². The van der Waals surface area contributed by atoms with Gasteiger partial charge >= 0.3 is 6.18 Å². The van der Waals surface area contributed by atoms with Crippen LogP contribution < -0.4 is 10.6 Å². The van der Waals surface area contributed by atoms with Crippen LogP contribution in [0.1, 0.15) is 38.2 Å². The molecule has 1 aliphatic rings. The largest absolute Gasteiger partial charge is 0.416 e. The molecule has 2 rings (SSSR count). The molecule has 0 bridgehead atoms. The Morgan fingerprint density at radius 1 is 1.12 bits per heavy atom. The first kappa shape index (κ1) is 19.7. The quantitative estimate of drug-likeness (QED) is 0.854. The molecule has 0 unspecified atom stereocenters. The molecule has 1 aromatic rings. The molecule has 1 heterocycles. The lowest BCUT2D eigenvalue weighted by Crippen LogP contribution is -2.37. The Bertz CT molecular complexity index is 704. The summed E-state index contributed by atoms with van der Waals surface area (Å²) < 4.78 is 38.7. The van der Waals surface area contributed by atoms with Gasteiger partial charge in [0.2, 0.25) is 17.7 Å². The molecule has 9 heteroatoms. The van der Waals surface area contributed by atoms with Crippen molar-refractivity contribution in [2.75, 3.05) is 23.7 Å². The average Bonchev–Trinajstić information content (AvgIpc) is 2.72. The number of anilines is 2. The average molecular weight is 371 g/mol. The second kappa shape index (κ2) is 8.20. The molecule has 0 saturated carbocycles. The minimum absolute atomic E-state index is 0.0565. The van der Waals surface area contributed by atoms with E-state index in [0.29, 0.717) is 13.0 Å². The topological polar surface area (TPSA) is 78.5 Å². The van der Waals surface area contributed by atoms with E-state index in [1.54, 1.807) is 0 Å². The predicted molar refractivity (Wildman–Crippen MR) is 89.4 cm³/mol. The van der Waals surface area contributed by atoms with Gasteiger partial charge in [-0.05, 0) is 31.0 Å². The Labute approximate surface area is 148 Å². The van der Waals surface area contributed by atoms with Gasteiger partial charge in [0.05, 0.1) is 23.5 Å². The molecule has 2 N–H and O–H groups in total. The van der Waals surface area contributed by atoms with Crippen LogP contribution in [0.2, 0.25) is 0 Å². The van der Waals surface area contributed by atoms with Crippen molar-refractivity contribution in [2.45, 2.75) is 38.8 Å². The Morgan fingerprint density at radius 2 is 1.85 bits per heavy atom. The lowest BCUT2D eigenvalue weighted by atomic mass is 10.1. The van der Waals surface area contributed by atoms with Gasteiger partial charge in [-0.2, -0.15) is 13.2 Å². The Morgan fingerprint density at radius 3 is 2.50 bits per heavy atom. The van der Waals surface area contributed by atoms with Crippen LogP contribution in [0.25, 0.3) is 0 Å². The highest BCUT2D eigenvalue weighted by Gasteiger charge is 2.31. The minimum Gasteiger partial charge on any atom is -0.333 e. The highest BCUT2D eigenvalue weighted by Crippen LogP contribution is 2.34. The van der Waals surface area contributed by atoms with Gasteiger partial charge in [0.1, 0.15) is 0 Å². The molecule has 1 saturated heterocycles. The standard InChI is InChI=1S/C17H20F3N3O3/c1-11(24)21-13-7-6-12(17(18,19)20)9-14(13)22-15(25)10-23-8-4-2-3-5-16(23)26/h6-7,9H,2-5,8,10H2,1H3,(H,21,24)(H,22,25). The summed E-state index contributed by atoms with van der Waals surface area (Å²) >= 11 is 0. The van der Waals surface area contributed by atoms with Crippen LogP contribution in [0.3, 0.4) is 0 Å². The van der Waals surface area contributed by atoms with Crippen molar-refractivity contribution in [3.8, 4) is 0 Å². The predicted octanol–water partition coefficient (Wildman–Crippen LogP) is 3.00. The van der Waals surface area contributed by atoms with E-state index in [0.717, 1.165) is 37.5 Å². The molecule has 1 fully saturated rings. The highest BCUT2D eigenvalue weighted by molar-refractivity contribution is 6.00. The monoisotopic (exact) mass is 371 g/mol. The molecule has 1 aromatic carbocycles. The lowest BCUT2D eigenvalue weighted by molar-refractivity contribution is -0.137. The van der Waals surface area contributed by atoms with Crippen LogP contribution in [0.4, 0.5) is 24.5 Å². The summed E-state index contributed by atoms with van der Waals surface area (Å²) in [5.41, 5.74) is -1.06. The van der Waals surface area contributed by atoms with Crippen molar-refractivity contribution in [1.82, 2.24) is 4.90 Å². The normalized spacial score (nSPS) is 15.4. The third-order valence-electron chi connectivity index (χ3n) is 3.94. The van der Waals surface area contributed by atoms with Crippen LogP contribution in [-0.2, 0) is 20.6 Å². The number of alkyl halides is 3. The number of hydrogen-bond donors (Lipinski definition) is 2. The number of halogens is 3. The van der Waals surface area contributed by atoms with Gasteiger partial charge in [-0.1, -0.05) is 6.42 Å². The maximum Gasteiger partial charge on any atom is 0.416 e. The molecule has 3 amide bonds. The van der Waals surface area contributed by atoms with E-state index < -0.39 is 23.6 Å². The van der Waals surface area contributed by atoms with Crippen LogP contribution in [0.5, 0.6) is 0 Å². The summed E-state index contributed by atoms with van der Waals surface area (Å²) in [4.78, 5) is 36.8. The first-order valence-electron chi connectivity index (χ1n) is 8.23. The Kier molecular flexibility index (Phi) is 6.23. The summed E-state index contributed by atoms with van der Waals surface area (Å²) in [7, 11) is 0. The second-order valence-corrected chi connectivity index (χ2v) is 6.11. The van der Waals surface area contributed by atoms with Crippen LogP contribution in [0.15, 0.2) is 18.2 Å². The van der Waals surface area contributed by atoms with Gasteiger partial charge in [-0.15, -0.1) is 0 Å². The Balaban J connectivity index is 2.18. The zero-order chi connectivity index (χ0) is 19.3. The van der Waals surface area contributed by atoms with Crippen LogP contribution in [0, 0.1) is 0 Å². The Hall–Kier alpha value is -2.58. The van der Waals surface area contributed by atoms with E-state index in [1.807, 2.05) is 0 Å². The molecule has 0 aliphatic carbocycles. The van der Waals surface area contributed by atoms with E-state index in [2.05, 4.69) is 10.6 Å². The van der Waals surface area contributed by atoms with Crippen molar-refractivity contribution >= 4 is 29.1 Å². The number of hydrogen-bond acceptors (Lipinski definition) is 3. The van der Waals surface area contributed by atoms with E-state index in [1.165, 1.54) is 11.8 Å². The van der Waals surface area contributed by atoms with Gasteiger partial charge in [-0.25, -0.2) is 0 Å². The molecular formula is C17H20F3N3O3. The van der Waals surface area contributed by atoms with E-state index in [4.69, 9.17) is 0 Å². The number of rotatable bonds is 4. The fourth-order valence-electron chi connectivity index (χ4n) is 2.69. The van der Waals surface area contributed by atoms with Gasteiger partial charge < -0.3 is 15.5 Å². The summed E-state index contributed by atoms with van der Waals surface area (Å²) in [6.07, 6.45) is -1.80. The number of nitrogens with zero attached hydrogens (tertiary/aromatic N) is 1. The van der Waals surface area contributed by atoms with E-state index in [-0.39, 0.29) is 23.8 Å². The van der Waals surface area contributed by atoms with Crippen LogP contribution >= 0.6 is 0 Å². The zero-order valence-corrected chi connectivity index (χ0v) is 14.3. The number of likely N-dealkylation sites (tertiary alicyclic amines) is 1. The maximum atomic E-state index is 12.9. The fraction of sp³-hybridized carbons (Fsp3) is 0.471. The first-order chi connectivity index (χ1) is 12.2. The summed E-state index contributed by atoms with van der Waals surface area (Å²) in [6.45, 7) is 1.40. The third-order valence-corrected chi connectivity index (χ3v) is 3.94. The van der Waals surface area contributed by atoms with Gasteiger partial charge in [0, 0.05) is 19.9 Å². The van der Waals surface area contributed by atoms with Crippen molar-refractivity contribution in [3.05, 3.63) is 23.8 Å². The van der Waals surface area contributed by atoms with E-state index >= 15 is 0 Å². The molecule has 0 aromatic heterocycles. The van der Waals surface area contributed by atoms with Crippen molar-refractivity contribution in [1.29, 1.82) is 0 Å². The van der Waals surface area contributed by atoms with Crippen molar-refractivity contribution < 1.29 is 27.6 Å². The summed E-state index contributed by atoms with van der Waals surface area (Å²) in [5.74, 6) is -1.25. The highest BCUT2D eigenvalue weighted by atomic mass is 19.4. The number of nitrogens with one attached hydrogen (secondary N) is 2. The van der Waals surface area contributed by atoms with Crippen molar-refractivity contribution in [2.24, 2.45) is 0 Å². The summed E-state index contributed by atoms with van der Waals surface area (Å²) in [6, 6.07) is 2.66. The van der Waals surface area contributed by atoms with Gasteiger partial charge in [-0.3, -0.25) is 14.4 Å². The molecule has 6 nitrogen and oxygen atoms in total. The van der Waals surface area contributed by atoms with Gasteiger partial charge in [0.15, 0.2) is 0 Å². The van der Waals surface area contributed by atoms with Crippen molar-refractivity contribution in [3.63, 3.8) is 0 Å². The third kappa shape index (κ3) is 5.47. The lowest BCUT2D eigenvalue weighted by Gasteiger charge is -2.21. The van der Waals surface area contributed by atoms with E-state index in [9.17, 15) is 27.6 Å². The smallest absolute Gasteiger partial charge is 0.333 e. The molecule has 0 radical (unpaired) electrons. The molecule has 142 valence electrons. The number of benzene rings is 1. The second-order valence-electron chi connectivity index (χ2n) is 6.11. The minimum atomic E-state index is -4.59. The maximum absolute atomic E-state index is 12.9. The number of amides is 3. The first-order valence-corrected chi connectivity index (χ1v) is 8.23. The van der Waals surface area contributed by atoms with Crippen LogP contribution in [-0.4, -0.2) is 35.7 Å². The molecule has 0 atom stereocenters. The number of carbonyl (C=O) groups is 3. The molecular weight excluding hydrogens is 351 g/mol.